The highest BCUT2D eigenvalue weighted by molar-refractivity contribution is 6.95. The smallest absolute Gasteiger partial charge is 0.394 e. The summed E-state index contributed by atoms with van der Waals surface area (Å²) in [7, 11) is -21.8. The lowest BCUT2D eigenvalue weighted by Crippen LogP contribution is -2.77. The molecular weight excluding hydrogens is 569 g/mol. The van der Waals surface area contributed by atoms with Crippen LogP contribution in [-0.4, -0.2) is 69.3 Å². The summed E-state index contributed by atoms with van der Waals surface area (Å²) in [5, 5.41) is 0. The summed E-state index contributed by atoms with van der Waals surface area (Å²) in [6, 6.07) is 0.547. The van der Waals surface area contributed by atoms with E-state index in [0.717, 1.165) is 0 Å². The van der Waals surface area contributed by atoms with Gasteiger partial charge in [0.05, 0.1) is 0 Å². The SMILES string of the molecule is C=CC[Si]1(C)O[Si](O)(CC=C)O[Si]2(CC=C)O[Si](CC=C)(OC)O[Si](O)(CC=C)O[Si](CC=C)(O1)O2. The largest absolute Gasteiger partial charge is 0.489 e. The molecule has 0 aromatic carbocycles. The van der Waals surface area contributed by atoms with E-state index in [-0.39, 0.29) is 36.3 Å². The van der Waals surface area contributed by atoms with Crippen LogP contribution in [0.25, 0.3) is 0 Å². The van der Waals surface area contributed by atoms with E-state index in [1.165, 1.54) is 19.3 Å². The molecule has 16 heteroatoms. The molecule has 2 heterocycles. The molecule has 2 bridgehead atoms. The zero-order valence-electron chi connectivity index (χ0n) is 21.1. The number of hydrogen-bond donors (Lipinski definition) is 2. The molecule has 2 aliphatic heterocycles. The van der Waals surface area contributed by atoms with Gasteiger partial charge in [0.1, 0.15) is 0 Å². The molecule has 2 rings (SSSR count). The van der Waals surface area contributed by atoms with Crippen LogP contribution in [0.2, 0.25) is 42.8 Å². The zero-order valence-corrected chi connectivity index (χ0v) is 27.1. The average molecular weight is 607 g/mol. The molecule has 0 radical (unpaired) electrons. The van der Waals surface area contributed by atoms with Crippen LogP contribution in [0.4, 0.5) is 0 Å². The number of fused-ring (bicyclic) bond motifs is 2. The van der Waals surface area contributed by atoms with Crippen molar-refractivity contribution in [2.75, 3.05) is 7.11 Å². The molecule has 6 unspecified atom stereocenters. The van der Waals surface area contributed by atoms with Crippen molar-refractivity contribution in [3.05, 3.63) is 75.9 Å². The number of allylic oxidation sites excluding steroid dienone is 6. The number of hydrogen-bond acceptors (Lipinski definition) is 10. The highest BCUT2D eigenvalue weighted by atomic mass is 28.6. The van der Waals surface area contributed by atoms with E-state index < -0.39 is 52.6 Å². The third-order valence-electron chi connectivity index (χ3n) is 5.13. The first kappa shape index (κ1) is 31.6. The third kappa shape index (κ3) is 7.47. The van der Waals surface area contributed by atoms with Crippen LogP contribution in [-0.2, 0) is 33.2 Å². The van der Waals surface area contributed by atoms with Crippen LogP contribution >= 0.6 is 0 Å². The van der Waals surface area contributed by atoms with E-state index in [9.17, 15) is 9.59 Å². The maximum atomic E-state index is 11.7. The lowest BCUT2D eigenvalue weighted by Gasteiger charge is -2.53. The fraction of sp³-hybridized carbons (Fsp3) is 0.400. The van der Waals surface area contributed by atoms with Crippen molar-refractivity contribution in [1.29, 1.82) is 0 Å². The van der Waals surface area contributed by atoms with Crippen molar-refractivity contribution in [3.63, 3.8) is 0 Å². The summed E-state index contributed by atoms with van der Waals surface area (Å²) in [4.78, 5) is 23.4. The highest BCUT2D eigenvalue weighted by Crippen LogP contribution is 2.43. The van der Waals surface area contributed by atoms with Gasteiger partial charge in [0.15, 0.2) is 0 Å². The molecule has 0 amide bonds. The van der Waals surface area contributed by atoms with Crippen molar-refractivity contribution in [2.45, 2.75) is 42.8 Å². The molecule has 0 spiro atoms. The zero-order chi connectivity index (χ0) is 27.1. The monoisotopic (exact) mass is 606 g/mol. The minimum Gasteiger partial charge on any atom is -0.394 e. The van der Waals surface area contributed by atoms with Gasteiger partial charge < -0.3 is 42.8 Å². The van der Waals surface area contributed by atoms with Crippen molar-refractivity contribution < 1.29 is 42.8 Å². The first-order valence-corrected chi connectivity index (χ1v) is 23.7. The lowest BCUT2D eigenvalue weighted by molar-refractivity contribution is 0.0436. The maximum absolute atomic E-state index is 11.7. The van der Waals surface area contributed by atoms with E-state index >= 15 is 0 Å². The first-order chi connectivity index (χ1) is 16.9. The van der Waals surface area contributed by atoms with Gasteiger partial charge in [0.2, 0.25) is 0 Å². The summed E-state index contributed by atoms with van der Waals surface area (Å²) in [6.45, 7) is 24.5. The molecular formula is C20H38O10Si6. The molecule has 2 saturated heterocycles. The van der Waals surface area contributed by atoms with Crippen LogP contribution in [0.15, 0.2) is 75.9 Å². The Kier molecular flexibility index (Phi) is 10.9. The van der Waals surface area contributed by atoms with Crippen molar-refractivity contribution in [1.82, 2.24) is 0 Å². The molecule has 2 aliphatic rings. The Morgan fingerprint density at radius 1 is 0.556 bits per heavy atom. The van der Waals surface area contributed by atoms with Crippen LogP contribution in [0, 0.1) is 0 Å². The van der Waals surface area contributed by atoms with Crippen LogP contribution in [0.1, 0.15) is 0 Å². The van der Waals surface area contributed by atoms with Gasteiger partial charge in [0.25, 0.3) is 0 Å². The second kappa shape index (κ2) is 12.5. The standard InChI is InChI=1S/C20H38O10Si6/c1-9-15-31(8)24-32(21,16-10-2)27-36(20-14-6)29-34(23-7,18-12-4)26-33(22,17-11-3)28-35(25-31,30-36)19-13-5/h9-14,21-22H,1-6,15-20H2,7-8H3. The summed E-state index contributed by atoms with van der Waals surface area (Å²) in [5.74, 6) is 0. The van der Waals surface area contributed by atoms with E-state index in [2.05, 4.69) is 39.5 Å². The normalized spacial score (nSPS) is 41.0. The molecule has 0 aromatic heterocycles. The van der Waals surface area contributed by atoms with Gasteiger partial charge in [-0.15, -0.1) is 39.5 Å². The molecule has 0 aliphatic carbocycles. The topological polar surface area (TPSA) is 114 Å². The van der Waals surface area contributed by atoms with Crippen molar-refractivity contribution in [3.8, 4) is 0 Å². The second-order valence-corrected chi connectivity index (χ2v) is 26.3. The molecule has 2 fully saturated rings. The second-order valence-electron chi connectivity index (χ2n) is 8.48. The predicted molar refractivity (Wildman–Crippen MR) is 149 cm³/mol. The number of rotatable bonds is 13. The first-order valence-electron chi connectivity index (χ1n) is 11.4. The quantitative estimate of drug-likeness (QED) is 0.238. The van der Waals surface area contributed by atoms with Crippen LogP contribution in [0.3, 0.4) is 0 Å². The van der Waals surface area contributed by atoms with Crippen molar-refractivity contribution >= 4 is 52.6 Å². The van der Waals surface area contributed by atoms with E-state index in [1.54, 1.807) is 30.9 Å². The minimum atomic E-state index is -4.11. The Hall–Kier alpha value is -0.659. The van der Waals surface area contributed by atoms with Crippen LogP contribution < -0.4 is 0 Å². The van der Waals surface area contributed by atoms with Gasteiger partial charge in [-0.3, -0.25) is 0 Å². The highest BCUT2D eigenvalue weighted by Gasteiger charge is 2.71. The van der Waals surface area contributed by atoms with Crippen LogP contribution in [0.5, 0.6) is 0 Å². The maximum Gasteiger partial charge on any atom is 0.489 e. The Morgan fingerprint density at radius 2 is 1.00 bits per heavy atom. The van der Waals surface area contributed by atoms with Gasteiger partial charge in [-0.05, 0) is 6.55 Å². The average Bonchev–Trinajstić information content (AvgIpc) is 2.72. The van der Waals surface area contributed by atoms with E-state index in [0.29, 0.717) is 0 Å². The third-order valence-corrected chi connectivity index (χ3v) is 29.3. The summed E-state index contributed by atoms with van der Waals surface area (Å²) in [5.41, 5.74) is 0. The Labute approximate surface area is 220 Å². The van der Waals surface area contributed by atoms with Gasteiger partial charge in [-0.1, -0.05) is 36.5 Å². The van der Waals surface area contributed by atoms with E-state index in [4.69, 9.17) is 33.2 Å². The van der Waals surface area contributed by atoms with Gasteiger partial charge in [-0.2, -0.15) is 0 Å². The summed E-state index contributed by atoms with van der Waals surface area (Å²) >= 11 is 0. The molecule has 0 saturated carbocycles. The minimum absolute atomic E-state index is 0.0170. The van der Waals surface area contributed by atoms with Crippen molar-refractivity contribution in [2.24, 2.45) is 0 Å². The van der Waals surface area contributed by atoms with Gasteiger partial charge >= 0.3 is 52.6 Å². The van der Waals surface area contributed by atoms with E-state index in [1.807, 2.05) is 0 Å². The summed E-state index contributed by atoms with van der Waals surface area (Å²) in [6.07, 6.45) is 9.33. The molecule has 0 aromatic rings. The molecule has 36 heavy (non-hydrogen) atoms. The Balaban J connectivity index is 2.86. The summed E-state index contributed by atoms with van der Waals surface area (Å²) < 4.78 is 51.2. The molecule has 2 N–H and O–H groups in total. The lowest BCUT2D eigenvalue weighted by atomic mass is 10.8. The fourth-order valence-corrected chi connectivity index (χ4v) is 32.2. The predicted octanol–water partition coefficient (Wildman–Crippen LogP) is 3.64. The Bertz CT molecular complexity index is 867. The molecule has 6 atom stereocenters. The molecule has 202 valence electrons. The molecule has 10 nitrogen and oxygen atoms in total. The van der Waals surface area contributed by atoms with Gasteiger partial charge in [0, 0.05) is 43.4 Å². The Morgan fingerprint density at radius 3 is 1.44 bits per heavy atom. The fourth-order valence-electron chi connectivity index (χ4n) is 3.98. The van der Waals surface area contributed by atoms with Gasteiger partial charge in [-0.25, -0.2) is 0 Å².